The Morgan fingerprint density at radius 3 is 2.79 bits per heavy atom. The molecule has 0 aromatic carbocycles. The van der Waals surface area contributed by atoms with E-state index in [1.165, 1.54) is 12.5 Å². The zero-order chi connectivity index (χ0) is 9.97. The first kappa shape index (κ1) is 8.93. The van der Waals surface area contributed by atoms with E-state index >= 15 is 0 Å². The molecule has 1 N–H and O–H groups in total. The highest BCUT2D eigenvalue weighted by atomic mass is 16.2. The molecule has 0 bridgehead atoms. The van der Waals surface area contributed by atoms with E-state index in [1.807, 2.05) is 0 Å². The van der Waals surface area contributed by atoms with E-state index in [1.54, 1.807) is 4.90 Å². The Labute approximate surface area is 80.8 Å². The van der Waals surface area contributed by atoms with Crippen LogP contribution in [0.3, 0.4) is 0 Å². The quantitative estimate of drug-likeness (QED) is 0.683. The van der Waals surface area contributed by atoms with E-state index in [2.05, 4.69) is 9.97 Å². The number of amides is 1. The van der Waals surface area contributed by atoms with Crippen molar-refractivity contribution in [1.29, 1.82) is 0 Å². The molecule has 0 saturated carbocycles. The van der Waals surface area contributed by atoms with E-state index in [9.17, 15) is 9.59 Å². The summed E-state index contributed by atoms with van der Waals surface area (Å²) < 4.78 is 0. The van der Waals surface area contributed by atoms with Crippen LogP contribution >= 0.6 is 0 Å². The summed E-state index contributed by atoms with van der Waals surface area (Å²) in [6, 6.07) is 0. The van der Waals surface area contributed by atoms with Crippen molar-refractivity contribution in [2.24, 2.45) is 0 Å². The summed E-state index contributed by atoms with van der Waals surface area (Å²) in [6.07, 6.45) is 4.64. The molecule has 1 amide bonds. The van der Waals surface area contributed by atoms with Gasteiger partial charge in [0.25, 0.3) is 11.5 Å². The van der Waals surface area contributed by atoms with Crippen LogP contribution in [0.5, 0.6) is 0 Å². The van der Waals surface area contributed by atoms with Crippen LogP contribution in [0.15, 0.2) is 17.3 Å². The smallest absolute Gasteiger partial charge is 0.263 e. The summed E-state index contributed by atoms with van der Waals surface area (Å²) >= 11 is 0. The molecule has 5 heteroatoms. The highest BCUT2D eigenvalue weighted by molar-refractivity contribution is 5.93. The Kier molecular flexibility index (Phi) is 2.30. The topological polar surface area (TPSA) is 66.1 Å². The van der Waals surface area contributed by atoms with Crippen LogP contribution in [-0.2, 0) is 0 Å². The Morgan fingerprint density at radius 2 is 2.14 bits per heavy atom. The van der Waals surface area contributed by atoms with Crippen molar-refractivity contribution in [2.75, 3.05) is 13.1 Å². The summed E-state index contributed by atoms with van der Waals surface area (Å²) in [5.74, 6) is -0.211. The van der Waals surface area contributed by atoms with Crippen LogP contribution < -0.4 is 5.56 Å². The minimum absolute atomic E-state index is 0.134. The first-order valence-electron chi connectivity index (χ1n) is 4.61. The molecule has 0 unspecified atom stereocenters. The molecule has 1 fully saturated rings. The molecule has 0 aliphatic carbocycles. The minimum atomic E-state index is -0.364. The Morgan fingerprint density at radius 1 is 1.43 bits per heavy atom. The zero-order valence-corrected chi connectivity index (χ0v) is 7.69. The number of hydrogen-bond acceptors (Lipinski definition) is 3. The molecule has 2 heterocycles. The molecule has 1 aromatic heterocycles. The number of aromatic nitrogens is 2. The standard InChI is InChI=1S/C9H11N3O2/c13-8-7(5-10-6-11-8)9(14)12-3-1-2-4-12/h5-6H,1-4H2,(H,10,11,13). The molecule has 1 aliphatic rings. The van der Waals surface area contributed by atoms with Gasteiger partial charge in [-0.15, -0.1) is 0 Å². The normalized spacial score (nSPS) is 15.9. The summed E-state index contributed by atoms with van der Waals surface area (Å²) in [6.45, 7) is 1.49. The number of nitrogens with zero attached hydrogens (tertiary/aromatic N) is 2. The molecule has 74 valence electrons. The van der Waals surface area contributed by atoms with Crippen molar-refractivity contribution in [2.45, 2.75) is 12.8 Å². The van der Waals surface area contributed by atoms with Crippen molar-refractivity contribution in [1.82, 2.24) is 14.9 Å². The molecule has 1 saturated heterocycles. The van der Waals surface area contributed by atoms with Gasteiger partial charge in [0.1, 0.15) is 5.56 Å². The maximum atomic E-state index is 11.7. The maximum Gasteiger partial charge on any atom is 0.263 e. The first-order valence-corrected chi connectivity index (χ1v) is 4.61. The van der Waals surface area contributed by atoms with E-state index in [-0.39, 0.29) is 17.0 Å². The lowest BCUT2D eigenvalue weighted by molar-refractivity contribution is 0.0790. The van der Waals surface area contributed by atoms with Gasteiger partial charge in [0, 0.05) is 19.3 Å². The van der Waals surface area contributed by atoms with Crippen molar-refractivity contribution in [3.63, 3.8) is 0 Å². The Balaban J connectivity index is 2.26. The zero-order valence-electron chi connectivity index (χ0n) is 7.69. The van der Waals surface area contributed by atoms with Gasteiger partial charge in [0.2, 0.25) is 0 Å². The predicted octanol–water partition coefficient (Wildman–Crippen LogP) is 0.00590. The van der Waals surface area contributed by atoms with E-state index < -0.39 is 0 Å². The van der Waals surface area contributed by atoms with Crippen LogP contribution in [0.25, 0.3) is 0 Å². The molecular formula is C9H11N3O2. The third kappa shape index (κ3) is 1.53. The second-order valence-corrected chi connectivity index (χ2v) is 3.29. The first-order chi connectivity index (χ1) is 6.79. The second kappa shape index (κ2) is 3.61. The van der Waals surface area contributed by atoms with Crippen molar-refractivity contribution >= 4 is 5.91 Å². The van der Waals surface area contributed by atoms with Crippen LogP contribution in [0, 0.1) is 0 Å². The number of carbonyl (C=O) groups is 1. The monoisotopic (exact) mass is 193 g/mol. The Bertz CT molecular complexity index is 393. The van der Waals surface area contributed by atoms with Crippen molar-refractivity contribution in [3.8, 4) is 0 Å². The summed E-state index contributed by atoms with van der Waals surface area (Å²) in [5.41, 5.74) is -0.230. The van der Waals surface area contributed by atoms with Crippen molar-refractivity contribution < 1.29 is 4.79 Å². The van der Waals surface area contributed by atoms with Crippen LogP contribution in [0.2, 0.25) is 0 Å². The van der Waals surface area contributed by atoms with Crippen molar-refractivity contribution in [3.05, 3.63) is 28.4 Å². The van der Waals surface area contributed by atoms with Gasteiger partial charge in [-0.3, -0.25) is 9.59 Å². The lowest BCUT2D eigenvalue weighted by Gasteiger charge is -2.13. The molecule has 2 rings (SSSR count). The second-order valence-electron chi connectivity index (χ2n) is 3.29. The minimum Gasteiger partial charge on any atom is -0.338 e. The molecule has 5 nitrogen and oxygen atoms in total. The molecular weight excluding hydrogens is 182 g/mol. The third-order valence-electron chi connectivity index (χ3n) is 2.34. The molecule has 0 spiro atoms. The molecule has 14 heavy (non-hydrogen) atoms. The predicted molar refractivity (Wildman–Crippen MR) is 50.0 cm³/mol. The SMILES string of the molecule is O=C(c1cnc[nH]c1=O)N1CCCC1. The fourth-order valence-corrected chi connectivity index (χ4v) is 1.59. The molecule has 1 aromatic rings. The summed E-state index contributed by atoms with van der Waals surface area (Å²) in [4.78, 5) is 30.8. The number of hydrogen-bond donors (Lipinski definition) is 1. The van der Waals surface area contributed by atoms with E-state index in [4.69, 9.17) is 0 Å². The lowest BCUT2D eigenvalue weighted by atomic mass is 10.3. The number of likely N-dealkylation sites (tertiary alicyclic amines) is 1. The average Bonchev–Trinajstić information content (AvgIpc) is 2.70. The number of nitrogens with one attached hydrogen (secondary N) is 1. The molecule has 1 aliphatic heterocycles. The third-order valence-corrected chi connectivity index (χ3v) is 2.34. The van der Waals surface area contributed by atoms with Gasteiger partial charge in [-0.25, -0.2) is 4.98 Å². The van der Waals surface area contributed by atoms with Gasteiger partial charge in [-0.2, -0.15) is 0 Å². The maximum absolute atomic E-state index is 11.7. The summed E-state index contributed by atoms with van der Waals surface area (Å²) in [7, 11) is 0. The average molecular weight is 193 g/mol. The van der Waals surface area contributed by atoms with Gasteiger partial charge in [-0.1, -0.05) is 0 Å². The van der Waals surface area contributed by atoms with Gasteiger partial charge < -0.3 is 9.88 Å². The lowest BCUT2D eigenvalue weighted by Crippen LogP contribution is -2.32. The highest BCUT2D eigenvalue weighted by Gasteiger charge is 2.21. The van der Waals surface area contributed by atoms with Crippen LogP contribution in [0.1, 0.15) is 23.2 Å². The number of aromatic amines is 1. The molecule has 0 atom stereocenters. The van der Waals surface area contributed by atoms with E-state index in [0.29, 0.717) is 0 Å². The summed E-state index contributed by atoms with van der Waals surface area (Å²) in [5, 5.41) is 0. The number of H-pyrrole nitrogens is 1. The van der Waals surface area contributed by atoms with Crippen LogP contribution in [0.4, 0.5) is 0 Å². The van der Waals surface area contributed by atoms with Gasteiger partial charge in [0.15, 0.2) is 0 Å². The van der Waals surface area contributed by atoms with Gasteiger partial charge in [0.05, 0.1) is 6.33 Å². The van der Waals surface area contributed by atoms with Crippen LogP contribution in [-0.4, -0.2) is 33.9 Å². The fourth-order valence-electron chi connectivity index (χ4n) is 1.59. The molecule has 0 radical (unpaired) electrons. The number of rotatable bonds is 1. The van der Waals surface area contributed by atoms with E-state index in [0.717, 1.165) is 25.9 Å². The number of carbonyl (C=O) groups excluding carboxylic acids is 1. The van der Waals surface area contributed by atoms with Gasteiger partial charge in [-0.05, 0) is 12.8 Å². The largest absolute Gasteiger partial charge is 0.338 e. The Hall–Kier alpha value is -1.65. The van der Waals surface area contributed by atoms with Gasteiger partial charge >= 0.3 is 0 Å². The fraction of sp³-hybridized carbons (Fsp3) is 0.444. The highest BCUT2D eigenvalue weighted by Crippen LogP contribution is 2.09.